The highest BCUT2D eigenvalue weighted by atomic mass is 16.2. The predicted molar refractivity (Wildman–Crippen MR) is 113 cm³/mol. The lowest BCUT2D eigenvalue weighted by Gasteiger charge is -2.34. The molecule has 29 heavy (non-hydrogen) atoms. The molecule has 1 unspecified atom stereocenters. The van der Waals surface area contributed by atoms with Crippen molar-refractivity contribution in [2.45, 2.75) is 13.0 Å². The van der Waals surface area contributed by atoms with Crippen LogP contribution in [0.1, 0.15) is 12.0 Å². The topological polar surface area (TPSA) is 68.8 Å². The Hall–Kier alpha value is -2.93. The number of hydrogen-bond acceptors (Lipinski definition) is 5. The first kappa shape index (κ1) is 19.4. The smallest absolute Gasteiger partial charge is 0.229 e. The molecule has 2 aromatic rings. The van der Waals surface area contributed by atoms with Gasteiger partial charge < -0.3 is 20.0 Å². The van der Waals surface area contributed by atoms with Crippen LogP contribution >= 0.6 is 0 Å². The maximum atomic E-state index is 12.7. The molecule has 2 fully saturated rings. The molecule has 2 aliphatic rings. The molecule has 2 saturated heterocycles. The minimum absolute atomic E-state index is 0.0207. The number of likely N-dealkylation sites (tertiary alicyclic amines) is 1. The van der Waals surface area contributed by atoms with Gasteiger partial charge in [-0.3, -0.25) is 14.6 Å². The normalized spacial score (nSPS) is 20.2. The lowest BCUT2D eigenvalue weighted by Crippen LogP contribution is -2.44. The molecule has 7 nitrogen and oxygen atoms in total. The van der Waals surface area contributed by atoms with E-state index in [1.807, 2.05) is 24.3 Å². The first-order valence-electron chi connectivity index (χ1n) is 10.1. The number of aromatic nitrogens is 1. The van der Waals surface area contributed by atoms with Crippen molar-refractivity contribution in [3.8, 4) is 0 Å². The van der Waals surface area contributed by atoms with E-state index in [0.29, 0.717) is 13.1 Å². The molecule has 7 heteroatoms. The summed E-state index contributed by atoms with van der Waals surface area (Å²) in [6, 6.07) is 11.8. The van der Waals surface area contributed by atoms with Crippen LogP contribution in [0.25, 0.3) is 0 Å². The molecule has 1 aromatic heterocycles. The van der Waals surface area contributed by atoms with Gasteiger partial charge in [-0.15, -0.1) is 0 Å². The fourth-order valence-electron chi connectivity index (χ4n) is 3.87. The number of piperazine rings is 1. The number of carbonyl (C=O) groups is 2. The second-order valence-corrected chi connectivity index (χ2v) is 7.86. The summed E-state index contributed by atoms with van der Waals surface area (Å²) in [4.78, 5) is 35.4. The molecule has 4 rings (SSSR count). The number of carbonyl (C=O) groups excluding carboxylic acids is 2. The number of nitrogens with zero attached hydrogens (tertiary/aromatic N) is 4. The first-order chi connectivity index (χ1) is 14.1. The van der Waals surface area contributed by atoms with Gasteiger partial charge in [-0.05, 0) is 49.0 Å². The molecular weight excluding hydrogens is 366 g/mol. The van der Waals surface area contributed by atoms with Crippen molar-refractivity contribution in [3.05, 3.63) is 54.4 Å². The van der Waals surface area contributed by atoms with Crippen molar-refractivity contribution < 1.29 is 9.59 Å². The molecule has 1 atom stereocenters. The van der Waals surface area contributed by atoms with Crippen LogP contribution in [0.2, 0.25) is 0 Å². The van der Waals surface area contributed by atoms with Crippen LogP contribution in [0.4, 0.5) is 11.4 Å². The SMILES string of the molecule is CN1CCN(c2ccc(NC(=O)C3CC(=O)N(Cc4ccncc4)C3)cc2)CC1. The van der Waals surface area contributed by atoms with Crippen molar-refractivity contribution in [1.29, 1.82) is 0 Å². The fourth-order valence-corrected chi connectivity index (χ4v) is 3.87. The van der Waals surface area contributed by atoms with Gasteiger partial charge in [0.05, 0.1) is 5.92 Å². The summed E-state index contributed by atoms with van der Waals surface area (Å²) < 4.78 is 0. The van der Waals surface area contributed by atoms with Crippen molar-refractivity contribution in [2.24, 2.45) is 5.92 Å². The molecular formula is C22H27N5O2. The number of anilines is 2. The van der Waals surface area contributed by atoms with Crippen LogP contribution in [0.15, 0.2) is 48.8 Å². The third-order valence-corrected chi connectivity index (χ3v) is 5.71. The highest BCUT2D eigenvalue weighted by Gasteiger charge is 2.34. The highest BCUT2D eigenvalue weighted by molar-refractivity contribution is 5.97. The highest BCUT2D eigenvalue weighted by Crippen LogP contribution is 2.23. The molecule has 0 aliphatic carbocycles. The Kier molecular flexibility index (Phi) is 5.76. The quantitative estimate of drug-likeness (QED) is 0.839. The molecule has 0 saturated carbocycles. The summed E-state index contributed by atoms with van der Waals surface area (Å²) in [5, 5.41) is 2.97. The zero-order valence-corrected chi connectivity index (χ0v) is 16.8. The average Bonchev–Trinajstić information content (AvgIpc) is 3.10. The summed E-state index contributed by atoms with van der Waals surface area (Å²) in [6.45, 7) is 5.12. The van der Waals surface area contributed by atoms with Gasteiger partial charge in [0.1, 0.15) is 0 Å². The first-order valence-corrected chi connectivity index (χ1v) is 10.1. The maximum Gasteiger partial charge on any atom is 0.229 e. The average molecular weight is 393 g/mol. The van der Waals surface area contributed by atoms with Crippen molar-refractivity contribution in [2.75, 3.05) is 50.0 Å². The molecule has 1 aromatic carbocycles. The molecule has 0 radical (unpaired) electrons. The van der Waals surface area contributed by atoms with E-state index in [1.165, 1.54) is 5.69 Å². The fraction of sp³-hybridized carbons (Fsp3) is 0.409. The Morgan fingerprint density at radius 2 is 1.76 bits per heavy atom. The van der Waals surface area contributed by atoms with Gasteiger partial charge in [-0.25, -0.2) is 0 Å². The van der Waals surface area contributed by atoms with Gasteiger partial charge in [-0.1, -0.05) is 0 Å². The molecule has 2 amide bonds. The summed E-state index contributed by atoms with van der Waals surface area (Å²) in [5.41, 5.74) is 2.97. The Morgan fingerprint density at radius 1 is 1.07 bits per heavy atom. The zero-order chi connectivity index (χ0) is 20.2. The van der Waals surface area contributed by atoms with E-state index in [-0.39, 0.29) is 24.2 Å². The Balaban J connectivity index is 1.31. The van der Waals surface area contributed by atoms with E-state index < -0.39 is 0 Å². The molecule has 0 spiro atoms. The third kappa shape index (κ3) is 4.74. The van der Waals surface area contributed by atoms with Gasteiger partial charge >= 0.3 is 0 Å². The molecule has 1 N–H and O–H groups in total. The van der Waals surface area contributed by atoms with Gasteiger partial charge in [-0.2, -0.15) is 0 Å². The van der Waals surface area contributed by atoms with Crippen molar-refractivity contribution in [1.82, 2.24) is 14.8 Å². The largest absolute Gasteiger partial charge is 0.369 e. The Morgan fingerprint density at radius 3 is 2.45 bits per heavy atom. The maximum absolute atomic E-state index is 12.7. The number of rotatable bonds is 5. The summed E-state index contributed by atoms with van der Waals surface area (Å²) in [6.07, 6.45) is 3.69. The van der Waals surface area contributed by atoms with Crippen LogP contribution in [0, 0.1) is 5.92 Å². The predicted octanol–water partition coefficient (Wildman–Crippen LogP) is 1.82. The van der Waals surface area contributed by atoms with E-state index in [0.717, 1.165) is 37.4 Å². The monoisotopic (exact) mass is 393 g/mol. The second-order valence-electron chi connectivity index (χ2n) is 7.86. The van der Waals surface area contributed by atoms with Gasteiger partial charge in [0, 0.05) is 69.5 Å². The lowest BCUT2D eigenvalue weighted by atomic mass is 10.1. The van der Waals surface area contributed by atoms with Crippen molar-refractivity contribution in [3.63, 3.8) is 0 Å². The number of pyridine rings is 1. The Labute approximate surface area is 171 Å². The lowest BCUT2D eigenvalue weighted by molar-refractivity contribution is -0.128. The molecule has 3 heterocycles. The number of benzene rings is 1. The van der Waals surface area contributed by atoms with Crippen LogP contribution in [0.5, 0.6) is 0 Å². The van der Waals surface area contributed by atoms with Crippen LogP contribution in [-0.2, 0) is 16.1 Å². The Bertz CT molecular complexity index is 847. The standard InChI is InChI=1S/C22H27N5O2/c1-25-10-12-26(13-11-25)20-4-2-19(3-5-20)24-22(29)18-14-21(28)27(16-18)15-17-6-8-23-9-7-17/h2-9,18H,10-16H2,1H3,(H,24,29). The van der Waals surface area contributed by atoms with E-state index in [2.05, 4.69) is 39.3 Å². The summed E-state index contributed by atoms with van der Waals surface area (Å²) in [5.74, 6) is -0.392. The molecule has 2 aliphatic heterocycles. The van der Waals surface area contributed by atoms with Gasteiger partial charge in [0.15, 0.2) is 0 Å². The summed E-state index contributed by atoms with van der Waals surface area (Å²) in [7, 11) is 2.14. The number of likely N-dealkylation sites (N-methyl/N-ethyl adjacent to an activating group) is 1. The summed E-state index contributed by atoms with van der Waals surface area (Å²) >= 11 is 0. The van der Waals surface area contributed by atoms with E-state index in [4.69, 9.17) is 0 Å². The number of amides is 2. The van der Waals surface area contributed by atoms with Crippen LogP contribution in [-0.4, -0.2) is 66.4 Å². The van der Waals surface area contributed by atoms with Crippen LogP contribution in [0.3, 0.4) is 0 Å². The zero-order valence-electron chi connectivity index (χ0n) is 16.8. The minimum atomic E-state index is -0.318. The van der Waals surface area contributed by atoms with Gasteiger partial charge in [0.25, 0.3) is 0 Å². The van der Waals surface area contributed by atoms with E-state index in [1.54, 1.807) is 17.3 Å². The molecule has 152 valence electrons. The minimum Gasteiger partial charge on any atom is -0.369 e. The number of hydrogen-bond donors (Lipinski definition) is 1. The number of nitrogens with one attached hydrogen (secondary N) is 1. The third-order valence-electron chi connectivity index (χ3n) is 5.71. The van der Waals surface area contributed by atoms with E-state index in [9.17, 15) is 9.59 Å². The van der Waals surface area contributed by atoms with Gasteiger partial charge in [0.2, 0.25) is 11.8 Å². The molecule has 0 bridgehead atoms. The van der Waals surface area contributed by atoms with E-state index >= 15 is 0 Å². The second kappa shape index (κ2) is 8.61. The van der Waals surface area contributed by atoms with Crippen molar-refractivity contribution >= 4 is 23.2 Å². The van der Waals surface area contributed by atoms with Crippen LogP contribution < -0.4 is 10.2 Å².